The van der Waals surface area contributed by atoms with Crippen LogP contribution in [0.1, 0.15) is 25.7 Å². The summed E-state index contributed by atoms with van der Waals surface area (Å²) in [6.07, 6.45) is 5.56. The molecule has 3 heteroatoms. The molecule has 0 aromatic carbocycles. The normalized spacial score (nSPS) is 28.0. The quantitative estimate of drug-likeness (QED) is 0.645. The molecule has 1 N–H and O–H groups in total. The molecular formula is C9H18N3. The van der Waals surface area contributed by atoms with Crippen LogP contribution in [0.2, 0.25) is 0 Å². The van der Waals surface area contributed by atoms with E-state index in [9.17, 15) is 0 Å². The van der Waals surface area contributed by atoms with Crippen molar-refractivity contribution < 1.29 is 0 Å². The first-order valence-corrected chi connectivity index (χ1v) is 5.09. The number of hydrazine groups is 1. The van der Waals surface area contributed by atoms with Gasteiger partial charge in [0.25, 0.3) is 0 Å². The van der Waals surface area contributed by atoms with Gasteiger partial charge < -0.3 is 0 Å². The first-order valence-electron chi connectivity index (χ1n) is 5.09. The summed E-state index contributed by atoms with van der Waals surface area (Å²) in [7, 11) is 0. The molecule has 0 aromatic heterocycles. The van der Waals surface area contributed by atoms with Gasteiger partial charge in [0.2, 0.25) is 0 Å². The van der Waals surface area contributed by atoms with Crippen LogP contribution in [0.15, 0.2) is 0 Å². The van der Waals surface area contributed by atoms with E-state index < -0.39 is 0 Å². The van der Waals surface area contributed by atoms with E-state index in [1.165, 1.54) is 25.7 Å². The summed E-state index contributed by atoms with van der Waals surface area (Å²) in [4.78, 5) is 0. The van der Waals surface area contributed by atoms with Gasteiger partial charge in [0.15, 0.2) is 0 Å². The van der Waals surface area contributed by atoms with Crippen LogP contribution in [0.3, 0.4) is 0 Å². The third kappa shape index (κ3) is 2.19. The number of nitrogens with one attached hydrogen (secondary N) is 1. The van der Waals surface area contributed by atoms with E-state index in [0.717, 1.165) is 32.2 Å². The van der Waals surface area contributed by atoms with Crippen molar-refractivity contribution >= 4 is 0 Å². The van der Waals surface area contributed by atoms with E-state index in [1.807, 2.05) is 0 Å². The Hall–Kier alpha value is -0.120. The fourth-order valence-corrected chi connectivity index (χ4v) is 2.05. The lowest BCUT2D eigenvalue weighted by Gasteiger charge is -2.29. The van der Waals surface area contributed by atoms with Crippen molar-refractivity contribution in [2.75, 3.05) is 26.2 Å². The summed E-state index contributed by atoms with van der Waals surface area (Å²) < 4.78 is 0. The van der Waals surface area contributed by atoms with Gasteiger partial charge >= 0.3 is 0 Å². The Bertz CT molecular complexity index is 126. The highest BCUT2D eigenvalue weighted by atomic mass is 15.5. The summed E-state index contributed by atoms with van der Waals surface area (Å²) in [5, 5.41) is 6.67. The first-order chi connectivity index (χ1) is 5.95. The zero-order valence-electron chi connectivity index (χ0n) is 7.63. The molecule has 2 fully saturated rings. The van der Waals surface area contributed by atoms with Crippen LogP contribution in [0, 0.1) is 0 Å². The van der Waals surface area contributed by atoms with E-state index in [-0.39, 0.29) is 0 Å². The maximum absolute atomic E-state index is 4.32. The molecule has 1 radical (unpaired) electrons. The molecule has 2 rings (SSSR count). The Morgan fingerprint density at radius 3 is 2.42 bits per heavy atom. The second-order valence-corrected chi connectivity index (χ2v) is 3.77. The average Bonchev–Trinajstić information content (AvgIpc) is 2.59. The van der Waals surface area contributed by atoms with E-state index in [0.29, 0.717) is 0 Å². The molecule has 1 aliphatic carbocycles. The van der Waals surface area contributed by atoms with E-state index in [1.54, 1.807) is 0 Å². The molecule has 69 valence electrons. The third-order valence-electron chi connectivity index (χ3n) is 2.78. The average molecular weight is 168 g/mol. The van der Waals surface area contributed by atoms with Gasteiger partial charge in [0.1, 0.15) is 0 Å². The minimum Gasteiger partial charge on any atom is -0.252 e. The van der Waals surface area contributed by atoms with Crippen molar-refractivity contribution in [3.63, 3.8) is 0 Å². The van der Waals surface area contributed by atoms with E-state index in [4.69, 9.17) is 0 Å². The lowest BCUT2D eigenvalue weighted by atomic mass is 10.3. The standard InChI is InChI=1S/C9H18N3/c1-2-4-9(3-1)11-12-7-5-10-6-8-12/h9,11H,1-8H2. The van der Waals surface area contributed by atoms with Gasteiger partial charge in [0.05, 0.1) is 0 Å². The second kappa shape index (κ2) is 4.21. The molecule has 0 atom stereocenters. The first kappa shape index (κ1) is 8.48. The fourth-order valence-electron chi connectivity index (χ4n) is 2.05. The predicted octanol–water partition coefficient (Wildman–Crippen LogP) is 0.354. The van der Waals surface area contributed by atoms with Gasteiger partial charge in [-0.2, -0.15) is 0 Å². The SMILES string of the molecule is C1CCC(NN2CC[N]CC2)C1. The number of hydrogen-bond donors (Lipinski definition) is 1. The van der Waals surface area contributed by atoms with Crippen molar-refractivity contribution in [1.82, 2.24) is 15.8 Å². The Morgan fingerprint density at radius 2 is 1.75 bits per heavy atom. The molecule has 3 nitrogen and oxygen atoms in total. The Balaban J connectivity index is 1.69. The number of rotatable bonds is 2. The number of nitrogens with zero attached hydrogens (tertiary/aromatic N) is 2. The van der Waals surface area contributed by atoms with Crippen LogP contribution in [0.4, 0.5) is 0 Å². The lowest BCUT2D eigenvalue weighted by molar-refractivity contribution is 0.137. The molecule has 0 amide bonds. The Kier molecular flexibility index (Phi) is 2.98. The van der Waals surface area contributed by atoms with Crippen LogP contribution in [-0.2, 0) is 0 Å². The molecule has 0 bridgehead atoms. The minimum absolute atomic E-state index is 0.767. The molecule has 2 aliphatic rings. The third-order valence-corrected chi connectivity index (χ3v) is 2.78. The second-order valence-electron chi connectivity index (χ2n) is 3.77. The molecule has 0 spiro atoms. The molecule has 0 aromatic rings. The van der Waals surface area contributed by atoms with Crippen LogP contribution in [0.5, 0.6) is 0 Å². The lowest BCUT2D eigenvalue weighted by Crippen LogP contribution is -2.51. The highest BCUT2D eigenvalue weighted by Gasteiger charge is 2.18. The minimum atomic E-state index is 0.767. The highest BCUT2D eigenvalue weighted by Crippen LogP contribution is 2.17. The number of hydrogen-bond acceptors (Lipinski definition) is 2. The van der Waals surface area contributed by atoms with Crippen LogP contribution in [0.25, 0.3) is 0 Å². The molecule has 12 heavy (non-hydrogen) atoms. The van der Waals surface area contributed by atoms with Gasteiger partial charge in [-0.3, -0.25) is 5.43 Å². The summed E-state index contributed by atoms with van der Waals surface area (Å²) >= 11 is 0. The molecule has 1 saturated heterocycles. The van der Waals surface area contributed by atoms with Gasteiger partial charge in [-0.25, -0.2) is 10.3 Å². The van der Waals surface area contributed by atoms with Gasteiger partial charge in [-0.1, -0.05) is 12.8 Å². The van der Waals surface area contributed by atoms with Crippen molar-refractivity contribution in [1.29, 1.82) is 0 Å². The van der Waals surface area contributed by atoms with Crippen LogP contribution in [-0.4, -0.2) is 37.2 Å². The summed E-state index contributed by atoms with van der Waals surface area (Å²) in [5.74, 6) is 0. The summed E-state index contributed by atoms with van der Waals surface area (Å²) in [6, 6.07) is 0.767. The van der Waals surface area contributed by atoms with Crippen LogP contribution < -0.4 is 10.7 Å². The zero-order valence-corrected chi connectivity index (χ0v) is 7.63. The molecule has 1 heterocycles. The van der Waals surface area contributed by atoms with Crippen LogP contribution >= 0.6 is 0 Å². The maximum atomic E-state index is 4.32. The number of piperazine rings is 1. The van der Waals surface area contributed by atoms with Crippen molar-refractivity contribution in [2.24, 2.45) is 0 Å². The summed E-state index contributed by atoms with van der Waals surface area (Å²) in [5.41, 5.74) is 3.59. The molecule has 1 aliphatic heterocycles. The summed E-state index contributed by atoms with van der Waals surface area (Å²) in [6.45, 7) is 4.24. The maximum Gasteiger partial charge on any atom is 0.0275 e. The predicted molar refractivity (Wildman–Crippen MR) is 48.8 cm³/mol. The fraction of sp³-hybridized carbons (Fsp3) is 1.00. The van der Waals surface area contributed by atoms with E-state index >= 15 is 0 Å². The van der Waals surface area contributed by atoms with E-state index in [2.05, 4.69) is 15.8 Å². The van der Waals surface area contributed by atoms with Crippen molar-refractivity contribution in [3.8, 4) is 0 Å². The van der Waals surface area contributed by atoms with Crippen molar-refractivity contribution in [3.05, 3.63) is 0 Å². The van der Waals surface area contributed by atoms with Gasteiger partial charge in [-0.05, 0) is 12.8 Å². The Labute approximate surface area is 74.5 Å². The molecular weight excluding hydrogens is 150 g/mol. The smallest absolute Gasteiger partial charge is 0.0275 e. The highest BCUT2D eigenvalue weighted by molar-refractivity contribution is 4.74. The molecule has 0 unspecified atom stereocenters. The topological polar surface area (TPSA) is 29.4 Å². The zero-order chi connectivity index (χ0) is 8.23. The van der Waals surface area contributed by atoms with Crippen molar-refractivity contribution in [2.45, 2.75) is 31.7 Å². The largest absolute Gasteiger partial charge is 0.252 e. The van der Waals surface area contributed by atoms with Gasteiger partial charge in [-0.15, -0.1) is 0 Å². The monoisotopic (exact) mass is 168 g/mol. The Morgan fingerprint density at radius 1 is 1.08 bits per heavy atom. The van der Waals surface area contributed by atoms with Gasteiger partial charge in [0, 0.05) is 32.2 Å². The molecule has 1 saturated carbocycles.